The summed E-state index contributed by atoms with van der Waals surface area (Å²) in [4.78, 5) is 14.3. The van der Waals surface area contributed by atoms with Crippen molar-refractivity contribution < 1.29 is 0 Å². The zero-order valence-electron chi connectivity index (χ0n) is 23.6. The zero-order chi connectivity index (χ0) is 28.6. The van der Waals surface area contributed by atoms with Crippen LogP contribution < -0.4 is 0 Å². The highest BCUT2D eigenvalue weighted by Gasteiger charge is 2.26. The predicted molar refractivity (Wildman–Crippen MR) is 167 cm³/mol. The summed E-state index contributed by atoms with van der Waals surface area (Å²) in [5.41, 5.74) is 8.25. The molecule has 1 aliphatic carbocycles. The number of nitrogens with zero attached hydrogens (tertiary/aromatic N) is 7. The molecule has 7 aromatic rings. The zero-order valence-corrected chi connectivity index (χ0v) is 23.6. The minimum atomic E-state index is 0.404. The van der Waals surface area contributed by atoms with Gasteiger partial charge in [0.2, 0.25) is 0 Å². The molecule has 1 N–H and O–H groups in total. The maximum Gasteiger partial charge on any atom is 0.174 e. The van der Waals surface area contributed by atoms with Crippen molar-refractivity contribution >= 4 is 16.6 Å². The first-order valence-corrected chi connectivity index (χ1v) is 14.9. The summed E-state index contributed by atoms with van der Waals surface area (Å²) in [5.74, 6) is 2.74. The Morgan fingerprint density at radius 1 is 0.814 bits per heavy atom. The quantitative estimate of drug-likeness (QED) is 0.228. The maximum absolute atomic E-state index is 5.16. The Hall–Kier alpha value is -5.24. The molecule has 5 heterocycles. The molecule has 1 saturated carbocycles. The van der Waals surface area contributed by atoms with Crippen LogP contribution in [0.25, 0.3) is 50.5 Å². The molecule has 8 heteroatoms. The van der Waals surface area contributed by atoms with Crippen LogP contribution in [0.15, 0.2) is 104 Å². The molecule has 2 aromatic carbocycles. The second-order valence-corrected chi connectivity index (χ2v) is 11.4. The summed E-state index contributed by atoms with van der Waals surface area (Å²) < 4.78 is 1.94. The molecule has 0 aliphatic heterocycles. The van der Waals surface area contributed by atoms with Crippen LogP contribution in [0.2, 0.25) is 0 Å². The SMILES string of the molecule is c1ccc(-c2cc3c(ccn4cnnc34)nc2-c2ccc(CC3CCC(c4n[nH]c(-c5ccccn5)n4)CC3)cc2)cc1. The highest BCUT2D eigenvalue weighted by Crippen LogP contribution is 2.37. The Labute approximate surface area is 248 Å². The standard InChI is InChI=1S/C35H30N8/c1-2-6-25(7-3-1)28-21-29-30(17-19-43-22-37-42-35(29)43)38-32(28)26-13-9-23(10-14-26)20-24-11-15-27(16-12-24)33-39-34(41-40-33)31-8-4-5-18-36-31/h1-10,13-14,17-19,21-22,24,27H,11-12,15-16,20H2,(H,39,40,41). The Kier molecular flexibility index (Phi) is 6.44. The molecule has 8 rings (SSSR count). The lowest BCUT2D eigenvalue weighted by atomic mass is 9.79. The Bertz CT molecular complexity index is 2000. The number of H-pyrrole nitrogens is 1. The number of pyridine rings is 3. The fourth-order valence-electron chi connectivity index (χ4n) is 6.42. The van der Waals surface area contributed by atoms with Crippen LogP contribution in [0.4, 0.5) is 0 Å². The van der Waals surface area contributed by atoms with E-state index in [2.05, 4.69) is 80.0 Å². The van der Waals surface area contributed by atoms with E-state index < -0.39 is 0 Å². The molecule has 5 aromatic heterocycles. The van der Waals surface area contributed by atoms with Gasteiger partial charge in [0.25, 0.3) is 0 Å². The predicted octanol–water partition coefficient (Wildman–Crippen LogP) is 7.31. The van der Waals surface area contributed by atoms with Gasteiger partial charge in [0.05, 0.1) is 11.2 Å². The summed E-state index contributed by atoms with van der Waals surface area (Å²) in [5, 5.41) is 17.1. The first-order valence-electron chi connectivity index (χ1n) is 14.9. The molecular weight excluding hydrogens is 532 g/mol. The second kappa shape index (κ2) is 10.9. The molecule has 0 amide bonds. The molecule has 210 valence electrons. The Balaban J connectivity index is 1.00. The first kappa shape index (κ1) is 25.5. The first-order chi connectivity index (χ1) is 21.3. The number of rotatable bonds is 6. The van der Waals surface area contributed by atoms with Crippen molar-refractivity contribution in [1.29, 1.82) is 0 Å². The summed E-state index contributed by atoms with van der Waals surface area (Å²) in [7, 11) is 0. The largest absolute Gasteiger partial charge is 0.288 e. The summed E-state index contributed by atoms with van der Waals surface area (Å²) in [6.07, 6.45) is 11.2. The summed E-state index contributed by atoms with van der Waals surface area (Å²) >= 11 is 0. The van der Waals surface area contributed by atoms with Gasteiger partial charge >= 0.3 is 0 Å². The van der Waals surface area contributed by atoms with Crippen LogP contribution >= 0.6 is 0 Å². The van der Waals surface area contributed by atoms with E-state index in [1.54, 1.807) is 12.5 Å². The molecule has 8 nitrogen and oxygen atoms in total. The van der Waals surface area contributed by atoms with Crippen molar-refractivity contribution in [3.63, 3.8) is 0 Å². The van der Waals surface area contributed by atoms with E-state index in [0.717, 1.165) is 75.5 Å². The molecule has 1 aliphatic rings. The van der Waals surface area contributed by atoms with Crippen LogP contribution in [-0.4, -0.2) is 39.7 Å². The molecule has 0 radical (unpaired) electrons. The van der Waals surface area contributed by atoms with Crippen LogP contribution in [-0.2, 0) is 6.42 Å². The Morgan fingerprint density at radius 2 is 1.65 bits per heavy atom. The molecule has 43 heavy (non-hydrogen) atoms. The molecule has 0 unspecified atom stereocenters. The molecule has 0 atom stereocenters. The van der Waals surface area contributed by atoms with Gasteiger partial charge in [-0.15, -0.1) is 10.2 Å². The smallest absolute Gasteiger partial charge is 0.174 e. The Morgan fingerprint density at radius 3 is 2.47 bits per heavy atom. The third-order valence-electron chi connectivity index (χ3n) is 8.72. The van der Waals surface area contributed by atoms with E-state index >= 15 is 0 Å². The van der Waals surface area contributed by atoms with Crippen molar-refractivity contribution in [1.82, 2.24) is 39.7 Å². The lowest BCUT2D eigenvalue weighted by molar-refractivity contribution is 0.318. The van der Waals surface area contributed by atoms with Gasteiger partial charge in [0, 0.05) is 34.8 Å². The van der Waals surface area contributed by atoms with E-state index in [4.69, 9.17) is 9.97 Å². The molecule has 1 fully saturated rings. The topological polar surface area (TPSA) is 97.5 Å². The fraction of sp³-hybridized carbons (Fsp3) is 0.200. The number of aromatic amines is 1. The minimum absolute atomic E-state index is 0.404. The molecule has 0 saturated heterocycles. The van der Waals surface area contributed by atoms with Gasteiger partial charge in [-0.05, 0) is 73.4 Å². The number of hydrogen-bond acceptors (Lipinski definition) is 6. The van der Waals surface area contributed by atoms with Crippen LogP contribution in [0.3, 0.4) is 0 Å². The van der Waals surface area contributed by atoms with E-state index in [1.165, 1.54) is 18.4 Å². The van der Waals surface area contributed by atoms with Gasteiger partial charge < -0.3 is 0 Å². The van der Waals surface area contributed by atoms with E-state index in [9.17, 15) is 0 Å². The van der Waals surface area contributed by atoms with Crippen LogP contribution in [0.5, 0.6) is 0 Å². The van der Waals surface area contributed by atoms with E-state index in [-0.39, 0.29) is 0 Å². The van der Waals surface area contributed by atoms with E-state index in [0.29, 0.717) is 11.8 Å². The lowest BCUT2D eigenvalue weighted by Crippen LogP contribution is -2.16. The molecule has 0 spiro atoms. The van der Waals surface area contributed by atoms with Gasteiger partial charge in [0.15, 0.2) is 17.3 Å². The average Bonchev–Trinajstić information content (AvgIpc) is 3.77. The van der Waals surface area contributed by atoms with Gasteiger partial charge in [-0.3, -0.25) is 14.5 Å². The molecule has 0 bridgehead atoms. The van der Waals surface area contributed by atoms with Crippen LogP contribution in [0, 0.1) is 5.92 Å². The van der Waals surface area contributed by atoms with Gasteiger partial charge in [-0.25, -0.2) is 9.97 Å². The van der Waals surface area contributed by atoms with Crippen molar-refractivity contribution in [3.8, 4) is 33.9 Å². The van der Waals surface area contributed by atoms with Gasteiger partial charge in [0.1, 0.15) is 12.0 Å². The summed E-state index contributed by atoms with van der Waals surface area (Å²) in [6.45, 7) is 0. The normalized spacial score (nSPS) is 17.0. The fourth-order valence-corrected chi connectivity index (χ4v) is 6.42. The molecular formula is C35H30N8. The van der Waals surface area contributed by atoms with Crippen LogP contribution in [0.1, 0.15) is 43.0 Å². The third-order valence-corrected chi connectivity index (χ3v) is 8.72. The third kappa shape index (κ3) is 4.95. The maximum atomic E-state index is 5.16. The van der Waals surface area contributed by atoms with Crippen molar-refractivity contribution in [2.75, 3.05) is 0 Å². The van der Waals surface area contributed by atoms with Gasteiger partial charge in [-0.2, -0.15) is 5.10 Å². The van der Waals surface area contributed by atoms with Crippen molar-refractivity contribution in [2.45, 2.75) is 38.0 Å². The van der Waals surface area contributed by atoms with E-state index in [1.807, 2.05) is 40.9 Å². The summed E-state index contributed by atoms with van der Waals surface area (Å²) in [6, 6.07) is 29.5. The number of aromatic nitrogens is 8. The number of benzene rings is 2. The second-order valence-electron chi connectivity index (χ2n) is 11.4. The van der Waals surface area contributed by atoms with Crippen molar-refractivity contribution in [2.24, 2.45) is 5.92 Å². The number of nitrogens with one attached hydrogen (secondary N) is 1. The minimum Gasteiger partial charge on any atom is -0.288 e. The average molecular weight is 563 g/mol. The van der Waals surface area contributed by atoms with Crippen molar-refractivity contribution in [3.05, 3.63) is 115 Å². The monoisotopic (exact) mass is 562 g/mol. The van der Waals surface area contributed by atoms with Gasteiger partial charge in [-0.1, -0.05) is 60.7 Å². The highest BCUT2D eigenvalue weighted by atomic mass is 15.2. The highest BCUT2D eigenvalue weighted by molar-refractivity contribution is 5.98. The number of hydrogen-bond donors (Lipinski definition) is 1. The lowest BCUT2D eigenvalue weighted by Gasteiger charge is -2.27. The number of fused-ring (bicyclic) bond motifs is 3.